The third-order valence-electron chi connectivity index (χ3n) is 4.03. The van der Waals surface area contributed by atoms with Gasteiger partial charge in [0.25, 0.3) is 5.69 Å². The van der Waals surface area contributed by atoms with Gasteiger partial charge >= 0.3 is 16.2 Å². The lowest BCUT2D eigenvalue weighted by Gasteiger charge is -2.35. The monoisotopic (exact) mass is 439 g/mol. The fourth-order valence-electron chi connectivity index (χ4n) is 2.72. The topological polar surface area (TPSA) is 153 Å². The fourth-order valence-corrected chi connectivity index (χ4v) is 3.97. The minimum absolute atomic E-state index is 0.0536. The molecule has 154 valence electrons. The van der Waals surface area contributed by atoms with E-state index in [2.05, 4.69) is 0 Å². The Hall–Kier alpha value is -3.25. The quantitative estimate of drug-likeness (QED) is 0.299. The van der Waals surface area contributed by atoms with Crippen molar-refractivity contribution in [3.8, 4) is 5.75 Å². The van der Waals surface area contributed by atoms with Gasteiger partial charge in [0.15, 0.2) is 5.11 Å². The predicted octanol–water partition coefficient (Wildman–Crippen LogP) is 2.82. The average Bonchev–Trinajstić information content (AvgIpc) is 2.60. The zero-order chi connectivity index (χ0) is 22.0. The minimum Gasteiger partial charge on any atom is -0.465 e. The normalized spacial score (nSPS) is 11.5. The van der Waals surface area contributed by atoms with Crippen LogP contribution in [0.3, 0.4) is 0 Å². The van der Waals surface area contributed by atoms with Crippen molar-refractivity contribution in [2.75, 3.05) is 0 Å². The van der Waals surface area contributed by atoms with E-state index in [-0.39, 0.29) is 16.2 Å². The molecule has 0 aliphatic carbocycles. The number of nitro benzene ring substituents is 1. The van der Waals surface area contributed by atoms with E-state index in [1.807, 2.05) is 0 Å². The standard InChI is InChI=1S/C17H17N3O7S2/c1-17(2,19(15(18)28)16(21)22)13-9-8-11(10-14(13)20(23)24)27-29(25,26)12-6-4-3-5-7-12/h3-10H,1-2H3,(H2,18,28)(H,21,22). The highest BCUT2D eigenvalue weighted by molar-refractivity contribution is 7.87. The summed E-state index contributed by atoms with van der Waals surface area (Å²) in [7, 11) is -4.22. The molecule has 2 rings (SSSR count). The number of nitrogens with zero attached hydrogens (tertiary/aromatic N) is 2. The third kappa shape index (κ3) is 4.60. The molecule has 0 spiro atoms. The Labute approximate surface area is 171 Å². The molecule has 0 heterocycles. The first kappa shape index (κ1) is 22.0. The number of nitrogens with two attached hydrogens (primary N) is 1. The number of carbonyl (C=O) groups is 1. The Balaban J connectivity index is 2.53. The van der Waals surface area contributed by atoms with E-state index in [4.69, 9.17) is 22.1 Å². The average molecular weight is 439 g/mol. The van der Waals surface area contributed by atoms with Crippen molar-refractivity contribution in [1.82, 2.24) is 4.90 Å². The van der Waals surface area contributed by atoms with Crippen molar-refractivity contribution >= 4 is 39.2 Å². The number of carboxylic acid groups (broad SMARTS) is 1. The molecule has 0 saturated carbocycles. The molecule has 0 aliphatic rings. The van der Waals surface area contributed by atoms with Gasteiger partial charge in [0, 0.05) is 0 Å². The number of benzene rings is 2. The fraction of sp³-hybridized carbons (Fsp3) is 0.176. The lowest BCUT2D eigenvalue weighted by Crippen LogP contribution is -2.51. The van der Waals surface area contributed by atoms with Gasteiger partial charge in [-0.15, -0.1) is 0 Å². The summed E-state index contributed by atoms with van der Waals surface area (Å²) in [6.45, 7) is 2.76. The van der Waals surface area contributed by atoms with E-state index in [9.17, 15) is 28.4 Å². The highest BCUT2D eigenvalue weighted by Crippen LogP contribution is 2.37. The van der Waals surface area contributed by atoms with Crippen molar-refractivity contribution in [3.63, 3.8) is 0 Å². The van der Waals surface area contributed by atoms with Gasteiger partial charge in [-0.1, -0.05) is 18.2 Å². The first-order valence-corrected chi connectivity index (χ1v) is 9.80. The van der Waals surface area contributed by atoms with Crippen molar-refractivity contribution in [2.45, 2.75) is 24.3 Å². The lowest BCUT2D eigenvalue weighted by atomic mass is 9.91. The first-order chi connectivity index (χ1) is 13.4. The van der Waals surface area contributed by atoms with Crippen LogP contribution in [0, 0.1) is 10.1 Å². The number of nitro groups is 1. The Bertz CT molecular complexity index is 1060. The number of thiocarbonyl (C=S) groups is 1. The summed E-state index contributed by atoms with van der Waals surface area (Å²) >= 11 is 4.75. The van der Waals surface area contributed by atoms with E-state index in [0.717, 1.165) is 6.07 Å². The van der Waals surface area contributed by atoms with Crippen LogP contribution < -0.4 is 9.92 Å². The molecule has 0 aliphatic heterocycles. The zero-order valence-electron chi connectivity index (χ0n) is 15.3. The van der Waals surface area contributed by atoms with Crippen molar-refractivity contribution < 1.29 is 27.4 Å². The molecule has 0 radical (unpaired) electrons. The van der Waals surface area contributed by atoms with Crippen LogP contribution in [0.4, 0.5) is 10.5 Å². The van der Waals surface area contributed by atoms with Crippen LogP contribution in [0.1, 0.15) is 19.4 Å². The van der Waals surface area contributed by atoms with Gasteiger partial charge in [0.1, 0.15) is 10.6 Å². The summed E-state index contributed by atoms with van der Waals surface area (Å²) in [6.07, 6.45) is -1.50. The van der Waals surface area contributed by atoms with E-state index in [0.29, 0.717) is 4.90 Å². The van der Waals surface area contributed by atoms with Crippen LogP contribution in [0.15, 0.2) is 53.4 Å². The van der Waals surface area contributed by atoms with E-state index < -0.39 is 37.5 Å². The minimum atomic E-state index is -4.22. The van der Waals surface area contributed by atoms with Crippen molar-refractivity contribution in [1.29, 1.82) is 0 Å². The van der Waals surface area contributed by atoms with Gasteiger partial charge in [-0.3, -0.25) is 10.1 Å². The van der Waals surface area contributed by atoms with Crippen LogP contribution in [0.2, 0.25) is 0 Å². The van der Waals surface area contributed by atoms with Crippen LogP contribution in [0.25, 0.3) is 0 Å². The smallest absolute Gasteiger partial charge is 0.414 e. The largest absolute Gasteiger partial charge is 0.465 e. The maximum Gasteiger partial charge on any atom is 0.414 e. The molecule has 3 N–H and O–H groups in total. The molecule has 12 heteroatoms. The van der Waals surface area contributed by atoms with Crippen LogP contribution >= 0.6 is 12.2 Å². The van der Waals surface area contributed by atoms with E-state index in [1.165, 1.54) is 50.2 Å². The van der Waals surface area contributed by atoms with Gasteiger partial charge in [-0.25, -0.2) is 9.69 Å². The third-order valence-corrected chi connectivity index (χ3v) is 5.48. The molecule has 1 amide bonds. The van der Waals surface area contributed by atoms with Crippen LogP contribution in [-0.2, 0) is 15.7 Å². The van der Waals surface area contributed by atoms with Gasteiger partial charge in [-0.2, -0.15) is 8.42 Å². The van der Waals surface area contributed by atoms with Gasteiger partial charge in [0.05, 0.1) is 22.1 Å². The van der Waals surface area contributed by atoms with Gasteiger partial charge in [0.2, 0.25) is 0 Å². The Kier molecular flexibility index (Phi) is 6.09. The van der Waals surface area contributed by atoms with E-state index in [1.54, 1.807) is 6.07 Å². The second kappa shape index (κ2) is 8.01. The summed E-state index contributed by atoms with van der Waals surface area (Å²) in [6, 6.07) is 10.5. The number of rotatable bonds is 6. The Morgan fingerprint density at radius 1 is 1.24 bits per heavy atom. The molecular formula is C17H17N3O7S2. The van der Waals surface area contributed by atoms with Crippen LogP contribution in [0.5, 0.6) is 5.75 Å². The molecule has 0 bridgehead atoms. The molecule has 10 nitrogen and oxygen atoms in total. The second-order valence-corrected chi connectivity index (χ2v) is 8.27. The molecule has 2 aromatic carbocycles. The Morgan fingerprint density at radius 3 is 2.31 bits per heavy atom. The van der Waals surface area contributed by atoms with Gasteiger partial charge < -0.3 is 15.0 Å². The molecule has 0 unspecified atom stereocenters. The summed E-state index contributed by atoms with van der Waals surface area (Å²) in [5.41, 5.74) is 3.34. The SMILES string of the molecule is CC(C)(c1ccc(OS(=O)(=O)c2ccccc2)cc1[N+](=O)[O-])N(C(=O)O)C(N)=S. The first-order valence-electron chi connectivity index (χ1n) is 7.99. The van der Waals surface area contributed by atoms with Crippen molar-refractivity contribution in [2.24, 2.45) is 5.73 Å². The zero-order valence-corrected chi connectivity index (χ0v) is 16.9. The number of hydrogen-bond acceptors (Lipinski definition) is 7. The highest BCUT2D eigenvalue weighted by Gasteiger charge is 2.39. The summed E-state index contributed by atoms with van der Waals surface area (Å²) < 4.78 is 29.7. The maximum absolute atomic E-state index is 12.3. The molecule has 29 heavy (non-hydrogen) atoms. The summed E-state index contributed by atoms with van der Waals surface area (Å²) in [5.74, 6) is -0.308. The Morgan fingerprint density at radius 2 is 1.83 bits per heavy atom. The van der Waals surface area contributed by atoms with Gasteiger partial charge in [-0.05, 0) is 50.3 Å². The molecule has 0 aromatic heterocycles. The molecule has 0 atom stereocenters. The molecule has 0 saturated heterocycles. The lowest BCUT2D eigenvalue weighted by molar-refractivity contribution is -0.386. The van der Waals surface area contributed by atoms with E-state index >= 15 is 0 Å². The molecular weight excluding hydrogens is 422 g/mol. The molecule has 0 fully saturated rings. The maximum atomic E-state index is 12.3. The highest BCUT2D eigenvalue weighted by atomic mass is 32.2. The van der Waals surface area contributed by atoms with Crippen molar-refractivity contribution in [3.05, 3.63) is 64.2 Å². The summed E-state index contributed by atoms with van der Waals surface area (Å²) in [5, 5.41) is 20.5. The molecule has 2 aromatic rings. The summed E-state index contributed by atoms with van der Waals surface area (Å²) in [4.78, 5) is 22.8. The predicted molar refractivity (Wildman–Crippen MR) is 107 cm³/mol. The second-order valence-electron chi connectivity index (χ2n) is 6.30. The van der Waals surface area contributed by atoms with Crippen LogP contribution in [-0.4, -0.2) is 34.6 Å². The number of hydrogen-bond donors (Lipinski definition) is 2. The number of amides is 1.